The molecule has 2 fully saturated rings. The topological polar surface area (TPSA) is 3.24 Å². The molecule has 1 aliphatic carbocycles. The molecule has 1 aromatic rings. The van der Waals surface area contributed by atoms with Gasteiger partial charge in [-0.25, -0.2) is 4.39 Å². The molecule has 2 aliphatic rings. The van der Waals surface area contributed by atoms with E-state index in [-0.39, 0.29) is 5.82 Å². The van der Waals surface area contributed by atoms with Gasteiger partial charge in [0.05, 0.1) is 4.47 Å². The summed E-state index contributed by atoms with van der Waals surface area (Å²) in [6.45, 7) is 4.29. The molecule has 3 heteroatoms. The van der Waals surface area contributed by atoms with Gasteiger partial charge >= 0.3 is 0 Å². The summed E-state index contributed by atoms with van der Waals surface area (Å²) in [4.78, 5) is 2.35. The Morgan fingerprint density at radius 3 is 2.60 bits per heavy atom. The highest BCUT2D eigenvalue weighted by atomic mass is 79.9. The summed E-state index contributed by atoms with van der Waals surface area (Å²) in [6.07, 6.45) is 2.76. The molecule has 15 heavy (non-hydrogen) atoms. The Morgan fingerprint density at radius 1 is 1.33 bits per heavy atom. The molecule has 0 amide bonds. The van der Waals surface area contributed by atoms with Crippen LogP contribution in [-0.2, 0) is 0 Å². The quantitative estimate of drug-likeness (QED) is 0.755. The minimum atomic E-state index is -0.169. The van der Waals surface area contributed by atoms with Gasteiger partial charge in [-0.15, -0.1) is 0 Å². The van der Waals surface area contributed by atoms with Crippen LogP contribution >= 0.6 is 15.9 Å². The lowest BCUT2D eigenvalue weighted by atomic mass is 9.95. The van der Waals surface area contributed by atoms with Gasteiger partial charge in [0.1, 0.15) is 5.82 Å². The Labute approximate surface area is 97.4 Å². The maximum Gasteiger partial charge on any atom is 0.137 e. The van der Waals surface area contributed by atoms with Crippen LogP contribution in [0.2, 0.25) is 0 Å². The third-order valence-electron chi connectivity index (χ3n) is 3.59. The maximum absolute atomic E-state index is 13.2. The standard InChI is InChI=1S/C12H13BrFN/c1-8-4-10(14)9(13)5-11(8)15-6-12(7-15)2-3-12/h4-5H,2-3,6-7H2,1H3. The van der Waals surface area contributed by atoms with Gasteiger partial charge in [-0.3, -0.25) is 0 Å². The fourth-order valence-corrected chi connectivity index (χ4v) is 2.73. The van der Waals surface area contributed by atoms with E-state index in [1.807, 2.05) is 13.0 Å². The summed E-state index contributed by atoms with van der Waals surface area (Å²) < 4.78 is 13.8. The monoisotopic (exact) mass is 269 g/mol. The molecule has 0 radical (unpaired) electrons. The third kappa shape index (κ3) is 1.48. The summed E-state index contributed by atoms with van der Waals surface area (Å²) in [6, 6.07) is 3.51. The maximum atomic E-state index is 13.2. The van der Waals surface area contributed by atoms with Crippen LogP contribution in [0.25, 0.3) is 0 Å². The molecule has 0 atom stereocenters. The van der Waals surface area contributed by atoms with Gasteiger partial charge in [0.2, 0.25) is 0 Å². The van der Waals surface area contributed by atoms with Crippen LogP contribution in [0.4, 0.5) is 10.1 Å². The predicted octanol–water partition coefficient (Wildman–Crippen LogP) is 3.50. The lowest BCUT2D eigenvalue weighted by Gasteiger charge is -2.42. The minimum Gasteiger partial charge on any atom is -0.370 e. The highest BCUT2D eigenvalue weighted by molar-refractivity contribution is 9.10. The number of hydrogen-bond acceptors (Lipinski definition) is 1. The molecule has 1 aromatic carbocycles. The van der Waals surface area contributed by atoms with Gasteiger partial charge in [-0.2, -0.15) is 0 Å². The molecule has 0 bridgehead atoms. The van der Waals surface area contributed by atoms with Crippen molar-refractivity contribution in [3.05, 3.63) is 28.0 Å². The first-order chi connectivity index (χ1) is 7.10. The van der Waals surface area contributed by atoms with Crippen molar-refractivity contribution in [2.45, 2.75) is 19.8 Å². The molecule has 1 heterocycles. The van der Waals surface area contributed by atoms with Gasteiger partial charge in [0.25, 0.3) is 0 Å². The van der Waals surface area contributed by atoms with E-state index in [2.05, 4.69) is 20.8 Å². The second-order valence-electron chi connectivity index (χ2n) is 4.91. The van der Waals surface area contributed by atoms with Crippen molar-refractivity contribution in [3.63, 3.8) is 0 Å². The third-order valence-corrected chi connectivity index (χ3v) is 4.20. The zero-order valence-corrected chi connectivity index (χ0v) is 10.3. The molecule has 1 spiro atoms. The summed E-state index contributed by atoms with van der Waals surface area (Å²) in [5, 5.41) is 0. The fourth-order valence-electron chi connectivity index (χ4n) is 2.40. The largest absolute Gasteiger partial charge is 0.370 e. The summed E-state index contributed by atoms with van der Waals surface area (Å²) >= 11 is 3.24. The Bertz CT molecular complexity index is 418. The van der Waals surface area contributed by atoms with Crippen LogP contribution in [0.15, 0.2) is 16.6 Å². The molecular weight excluding hydrogens is 257 g/mol. The molecule has 3 rings (SSSR count). The zero-order valence-electron chi connectivity index (χ0n) is 8.69. The Morgan fingerprint density at radius 2 is 2.00 bits per heavy atom. The van der Waals surface area contributed by atoms with Gasteiger partial charge < -0.3 is 4.90 Å². The summed E-state index contributed by atoms with van der Waals surface area (Å²) in [5.41, 5.74) is 2.86. The number of aryl methyl sites for hydroxylation is 1. The smallest absolute Gasteiger partial charge is 0.137 e. The summed E-state index contributed by atoms with van der Waals surface area (Å²) in [5.74, 6) is -0.169. The summed E-state index contributed by atoms with van der Waals surface area (Å²) in [7, 11) is 0. The van der Waals surface area contributed by atoms with Crippen molar-refractivity contribution in [2.75, 3.05) is 18.0 Å². The van der Waals surface area contributed by atoms with Crippen molar-refractivity contribution in [3.8, 4) is 0 Å². The van der Waals surface area contributed by atoms with E-state index in [1.54, 1.807) is 6.07 Å². The highest BCUT2D eigenvalue weighted by Gasteiger charge is 2.52. The second kappa shape index (κ2) is 2.97. The van der Waals surface area contributed by atoms with Crippen molar-refractivity contribution >= 4 is 21.6 Å². The normalized spacial score (nSPS) is 21.7. The van der Waals surface area contributed by atoms with Gasteiger partial charge in [-0.1, -0.05) is 0 Å². The lowest BCUT2D eigenvalue weighted by molar-refractivity contribution is 0.387. The molecular formula is C12H13BrFN. The highest BCUT2D eigenvalue weighted by Crippen LogP contribution is 2.54. The predicted molar refractivity (Wildman–Crippen MR) is 62.7 cm³/mol. The fraction of sp³-hybridized carbons (Fsp3) is 0.500. The van der Waals surface area contributed by atoms with E-state index in [0.29, 0.717) is 9.89 Å². The average Bonchev–Trinajstić information content (AvgIpc) is 2.89. The van der Waals surface area contributed by atoms with Crippen LogP contribution in [-0.4, -0.2) is 13.1 Å². The molecule has 1 saturated heterocycles. The first-order valence-electron chi connectivity index (χ1n) is 5.30. The van der Waals surface area contributed by atoms with E-state index >= 15 is 0 Å². The van der Waals surface area contributed by atoms with Crippen molar-refractivity contribution < 1.29 is 4.39 Å². The van der Waals surface area contributed by atoms with Crippen LogP contribution in [0.1, 0.15) is 18.4 Å². The van der Waals surface area contributed by atoms with Gasteiger partial charge in [0.15, 0.2) is 0 Å². The van der Waals surface area contributed by atoms with Crippen molar-refractivity contribution in [1.82, 2.24) is 0 Å². The second-order valence-corrected chi connectivity index (χ2v) is 5.76. The molecule has 1 saturated carbocycles. The number of nitrogens with zero attached hydrogens (tertiary/aromatic N) is 1. The number of rotatable bonds is 1. The Kier molecular flexibility index (Phi) is 1.91. The van der Waals surface area contributed by atoms with E-state index < -0.39 is 0 Å². The van der Waals surface area contributed by atoms with Crippen LogP contribution < -0.4 is 4.90 Å². The molecule has 0 aromatic heterocycles. The SMILES string of the molecule is Cc1cc(F)c(Br)cc1N1CC2(CC2)C1. The number of hydrogen-bond donors (Lipinski definition) is 0. The van der Waals surface area contributed by atoms with Gasteiger partial charge in [0, 0.05) is 24.2 Å². The first kappa shape index (κ1) is 9.64. The Balaban J connectivity index is 1.88. The van der Waals surface area contributed by atoms with Crippen molar-refractivity contribution in [1.29, 1.82) is 0 Å². The van der Waals surface area contributed by atoms with Crippen LogP contribution in [0.5, 0.6) is 0 Å². The molecule has 1 aliphatic heterocycles. The number of anilines is 1. The van der Waals surface area contributed by atoms with E-state index in [4.69, 9.17) is 0 Å². The van der Waals surface area contributed by atoms with E-state index in [0.717, 1.165) is 18.7 Å². The minimum absolute atomic E-state index is 0.169. The van der Waals surface area contributed by atoms with E-state index in [9.17, 15) is 4.39 Å². The average molecular weight is 270 g/mol. The first-order valence-corrected chi connectivity index (χ1v) is 6.10. The van der Waals surface area contributed by atoms with Crippen LogP contribution in [0, 0.1) is 18.2 Å². The van der Waals surface area contributed by atoms with Gasteiger partial charge in [-0.05, 0) is 53.4 Å². The molecule has 1 nitrogen and oxygen atoms in total. The van der Waals surface area contributed by atoms with Crippen molar-refractivity contribution in [2.24, 2.45) is 5.41 Å². The Hall–Kier alpha value is -0.570. The number of benzene rings is 1. The van der Waals surface area contributed by atoms with Crippen LogP contribution in [0.3, 0.4) is 0 Å². The lowest BCUT2D eigenvalue weighted by Crippen LogP contribution is -2.48. The molecule has 0 N–H and O–H groups in total. The number of halogens is 2. The molecule has 80 valence electrons. The zero-order chi connectivity index (χ0) is 10.6. The van der Waals surface area contributed by atoms with E-state index in [1.165, 1.54) is 18.5 Å². The molecule has 0 unspecified atom stereocenters.